The number of urea groups is 2. The second-order valence-corrected chi connectivity index (χ2v) is 9.71. The molecule has 36 heavy (non-hydrogen) atoms. The van der Waals surface area contributed by atoms with Gasteiger partial charge in [0.25, 0.3) is 0 Å². The topological polar surface area (TPSA) is 73.5 Å². The fourth-order valence-corrected chi connectivity index (χ4v) is 4.83. The number of amides is 4. The number of hydrogen-bond acceptors (Lipinski definition) is 2. The van der Waals surface area contributed by atoms with E-state index in [1.807, 2.05) is 84.9 Å². The smallest absolute Gasteiger partial charge is 0.326 e. The Kier molecular flexibility index (Phi) is 9.22. The Morgan fingerprint density at radius 3 is 1.83 bits per heavy atom. The van der Waals surface area contributed by atoms with Crippen molar-refractivity contribution in [2.75, 3.05) is 18.0 Å². The minimum Gasteiger partial charge on any atom is -0.338 e. The van der Waals surface area contributed by atoms with E-state index in [2.05, 4.69) is 16.0 Å². The number of para-hydroxylation sites is 2. The first-order chi connectivity index (χ1) is 17.6. The summed E-state index contributed by atoms with van der Waals surface area (Å²) in [5.41, 5.74) is 2.65. The maximum atomic E-state index is 13.2. The Bertz CT molecular complexity index is 1080. The van der Waals surface area contributed by atoms with Crippen molar-refractivity contribution in [1.29, 1.82) is 0 Å². The van der Waals surface area contributed by atoms with Gasteiger partial charge in [-0.05, 0) is 79.5 Å². The van der Waals surface area contributed by atoms with Crippen LogP contribution in [0.25, 0.3) is 0 Å². The van der Waals surface area contributed by atoms with Gasteiger partial charge in [-0.15, -0.1) is 0 Å². The Morgan fingerprint density at radius 2 is 1.28 bits per heavy atom. The lowest BCUT2D eigenvalue weighted by Crippen LogP contribution is -2.41. The molecule has 0 bridgehead atoms. The fraction of sp³-hybridized carbons (Fsp3) is 0.310. The number of rotatable bonds is 8. The van der Waals surface area contributed by atoms with Gasteiger partial charge in [-0.3, -0.25) is 4.90 Å². The van der Waals surface area contributed by atoms with E-state index >= 15 is 0 Å². The van der Waals surface area contributed by atoms with Crippen LogP contribution in [0.3, 0.4) is 0 Å². The maximum Gasteiger partial charge on any atom is 0.326 e. The molecule has 1 aliphatic carbocycles. The molecule has 1 fully saturated rings. The van der Waals surface area contributed by atoms with Gasteiger partial charge in [0.05, 0.1) is 11.4 Å². The predicted octanol–water partition coefficient (Wildman–Crippen LogP) is 6.49. The third kappa shape index (κ3) is 7.49. The van der Waals surface area contributed by atoms with Gasteiger partial charge in [0, 0.05) is 24.7 Å². The summed E-state index contributed by atoms with van der Waals surface area (Å²) < 4.78 is 0. The molecule has 0 saturated heterocycles. The second kappa shape index (κ2) is 13.0. The molecule has 3 aromatic rings. The van der Waals surface area contributed by atoms with Gasteiger partial charge in [0.1, 0.15) is 0 Å². The van der Waals surface area contributed by atoms with Crippen molar-refractivity contribution in [1.82, 2.24) is 16.0 Å². The van der Waals surface area contributed by atoms with Crippen LogP contribution in [0, 0.1) is 11.8 Å². The molecule has 6 nitrogen and oxygen atoms in total. The largest absolute Gasteiger partial charge is 0.338 e. The predicted molar refractivity (Wildman–Crippen MR) is 146 cm³/mol. The van der Waals surface area contributed by atoms with E-state index < -0.39 is 0 Å². The van der Waals surface area contributed by atoms with Gasteiger partial charge in [-0.2, -0.15) is 0 Å². The molecule has 188 valence electrons. The molecule has 0 aromatic heterocycles. The highest BCUT2D eigenvalue weighted by Crippen LogP contribution is 2.29. The highest BCUT2D eigenvalue weighted by atomic mass is 35.5. The fourth-order valence-electron chi connectivity index (χ4n) is 4.62. The lowest BCUT2D eigenvalue weighted by Gasteiger charge is -2.30. The molecule has 0 radical (unpaired) electrons. The number of anilines is 2. The molecule has 0 atom stereocenters. The number of halogens is 1. The van der Waals surface area contributed by atoms with Crippen LogP contribution in [0.5, 0.6) is 0 Å². The van der Waals surface area contributed by atoms with Crippen molar-refractivity contribution in [3.63, 3.8) is 0 Å². The summed E-state index contributed by atoms with van der Waals surface area (Å²) in [6.07, 6.45) is 4.15. The number of benzene rings is 3. The molecule has 0 heterocycles. The van der Waals surface area contributed by atoms with Gasteiger partial charge in [-0.1, -0.05) is 60.1 Å². The van der Waals surface area contributed by atoms with Crippen LogP contribution in [0.1, 0.15) is 31.2 Å². The summed E-state index contributed by atoms with van der Waals surface area (Å²) >= 11 is 5.99. The molecule has 0 spiro atoms. The van der Waals surface area contributed by atoms with Gasteiger partial charge in [0.15, 0.2) is 0 Å². The van der Waals surface area contributed by atoms with Crippen molar-refractivity contribution < 1.29 is 9.59 Å². The highest BCUT2D eigenvalue weighted by Gasteiger charge is 2.24. The molecular weight excluding hydrogens is 472 g/mol. The SMILES string of the molecule is O=C(NCc1cccc(Cl)c1)NCC1CCC(CNC(=O)N(c2ccccc2)c2ccccc2)CC1. The summed E-state index contributed by atoms with van der Waals surface area (Å²) in [4.78, 5) is 27.1. The number of nitrogens with zero attached hydrogens (tertiary/aromatic N) is 1. The average Bonchev–Trinajstić information content (AvgIpc) is 2.91. The van der Waals surface area contributed by atoms with E-state index in [-0.39, 0.29) is 12.1 Å². The van der Waals surface area contributed by atoms with Crippen LogP contribution >= 0.6 is 11.6 Å². The summed E-state index contributed by atoms with van der Waals surface area (Å²) in [6.45, 7) is 1.76. The normalized spacial score (nSPS) is 17.1. The first-order valence-corrected chi connectivity index (χ1v) is 12.9. The maximum absolute atomic E-state index is 13.2. The first kappa shape index (κ1) is 25.6. The van der Waals surface area contributed by atoms with Crippen LogP contribution in [0.4, 0.5) is 21.0 Å². The third-order valence-corrected chi connectivity index (χ3v) is 6.87. The quantitative estimate of drug-likeness (QED) is 0.328. The van der Waals surface area contributed by atoms with Crippen LogP contribution in [-0.2, 0) is 6.54 Å². The highest BCUT2D eigenvalue weighted by molar-refractivity contribution is 6.30. The van der Waals surface area contributed by atoms with E-state index in [4.69, 9.17) is 11.6 Å². The van der Waals surface area contributed by atoms with Crippen LogP contribution < -0.4 is 20.9 Å². The lowest BCUT2D eigenvalue weighted by atomic mass is 9.82. The summed E-state index contributed by atoms with van der Waals surface area (Å²) in [5, 5.41) is 9.69. The minimum atomic E-state index is -0.161. The standard InChI is InChI=1S/C29H33ClN4O2/c30-25-9-7-8-24(18-25)21-32-28(35)31-19-22-14-16-23(17-15-22)20-33-29(36)34(26-10-3-1-4-11-26)27-12-5-2-6-13-27/h1-13,18,22-23H,14-17,19-21H2,(H,33,36)(H2,31,32,35). The van der Waals surface area contributed by atoms with Crippen molar-refractivity contribution in [3.8, 4) is 0 Å². The average molecular weight is 505 g/mol. The number of hydrogen-bond donors (Lipinski definition) is 3. The zero-order chi connectivity index (χ0) is 25.2. The zero-order valence-corrected chi connectivity index (χ0v) is 21.1. The van der Waals surface area contributed by atoms with E-state index in [0.717, 1.165) is 42.6 Å². The lowest BCUT2D eigenvalue weighted by molar-refractivity contribution is 0.226. The summed E-state index contributed by atoms with van der Waals surface area (Å²) in [6, 6.07) is 26.6. The number of carbonyl (C=O) groups is 2. The summed E-state index contributed by atoms with van der Waals surface area (Å²) in [7, 11) is 0. The Hall–Kier alpha value is -3.51. The van der Waals surface area contributed by atoms with E-state index in [0.29, 0.717) is 36.5 Å². The monoisotopic (exact) mass is 504 g/mol. The number of nitrogens with one attached hydrogen (secondary N) is 3. The van der Waals surface area contributed by atoms with Crippen molar-refractivity contribution in [2.24, 2.45) is 11.8 Å². The molecule has 1 saturated carbocycles. The van der Waals surface area contributed by atoms with Gasteiger partial charge < -0.3 is 16.0 Å². The van der Waals surface area contributed by atoms with E-state index in [9.17, 15) is 9.59 Å². The van der Waals surface area contributed by atoms with E-state index in [1.165, 1.54) is 0 Å². The van der Waals surface area contributed by atoms with E-state index in [1.54, 1.807) is 4.90 Å². The molecule has 0 aliphatic heterocycles. The van der Waals surface area contributed by atoms with Crippen molar-refractivity contribution in [3.05, 3.63) is 95.5 Å². The van der Waals surface area contributed by atoms with Crippen molar-refractivity contribution in [2.45, 2.75) is 32.2 Å². The molecule has 4 rings (SSSR count). The first-order valence-electron chi connectivity index (χ1n) is 12.5. The third-order valence-electron chi connectivity index (χ3n) is 6.63. The zero-order valence-electron chi connectivity index (χ0n) is 20.3. The van der Waals surface area contributed by atoms with Crippen LogP contribution in [0.2, 0.25) is 5.02 Å². The van der Waals surface area contributed by atoms with Gasteiger partial charge in [0.2, 0.25) is 0 Å². The second-order valence-electron chi connectivity index (χ2n) is 9.27. The van der Waals surface area contributed by atoms with Crippen LogP contribution in [0.15, 0.2) is 84.9 Å². The minimum absolute atomic E-state index is 0.118. The molecule has 4 amide bonds. The number of carbonyl (C=O) groups excluding carboxylic acids is 2. The van der Waals surface area contributed by atoms with Crippen molar-refractivity contribution >= 4 is 35.0 Å². The Balaban J connectivity index is 1.19. The Morgan fingerprint density at radius 1 is 0.722 bits per heavy atom. The molecule has 7 heteroatoms. The molecular formula is C29H33ClN4O2. The molecule has 3 aromatic carbocycles. The molecule has 3 N–H and O–H groups in total. The molecule has 0 unspecified atom stereocenters. The van der Waals surface area contributed by atoms with Gasteiger partial charge >= 0.3 is 12.1 Å². The molecule has 1 aliphatic rings. The van der Waals surface area contributed by atoms with Crippen LogP contribution in [-0.4, -0.2) is 25.2 Å². The summed E-state index contributed by atoms with van der Waals surface area (Å²) in [5.74, 6) is 0.897. The Labute approximate surface area is 218 Å². The van der Waals surface area contributed by atoms with Gasteiger partial charge in [-0.25, -0.2) is 9.59 Å².